The molecule has 45 heavy (non-hydrogen) atoms. The fourth-order valence-electron chi connectivity index (χ4n) is 7.33. The summed E-state index contributed by atoms with van der Waals surface area (Å²) in [6.07, 6.45) is 7.44. The number of likely N-dealkylation sites (tertiary alicyclic amines) is 1. The van der Waals surface area contributed by atoms with Crippen molar-refractivity contribution in [1.82, 2.24) is 30.3 Å². The molecule has 3 heterocycles. The molecule has 1 aromatic carbocycles. The zero-order valence-electron chi connectivity index (χ0n) is 27.5. The van der Waals surface area contributed by atoms with Crippen molar-refractivity contribution >= 4 is 17.8 Å². The maximum Gasteiger partial charge on any atom is 0.407 e. The highest BCUT2D eigenvalue weighted by atomic mass is 19.1. The van der Waals surface area contributed by atoms with Crippen molar-refractivity contribution in [2.45, 2.75) is 90.8 Å². The van der Waals surface area contributed by atoms with Gasteiger partial charge in [-0.15, -0.1) is 10.2 Å². The Morgan fingerprint density at radius 2 is 1.76 bits per heavy atom. The van der Waals surface area contributed by atoms with Gasteiger partial charge in [-0.1, -0.05) is 0 Å². The molecule has 2 saturated heterocycles. The number of aromatic nitrogens is 3. The Hall–Kier alpha value is -3.54. The summed E-state index contributed by atoms with van der Waals surface area (Å²) in [5, 5.41) is 11.2. The molecule has 1 saturated carbocycles. The lowest BCUT2D eigenvalue weighted by atomic mass is 9.71. The maximum absolute atomic E-state index is 14.3. The Morgan fingerprint density at radius 1 is 1.09 bits per heavy atom. The summed E-state index contributed by atoms with van der Waals surface area (Å²) in [7, 11) is 1.41. The zero-order chi connectivity index (χ0) is 32.4. The first-order chi connectivity index (χ1) is 21.4. The van der Waals surface area contributed by atoms with Crippen molar-refractivity contribution in [3.63, 3.8) is 0 Å². The molecule has 2 aliphatic heterocycles. The molecule has 0 unspecified atom stereocenters. The van der Waals surface area contributed by atoms with Gasteiger partial charge in [0, 0.05) is 42.7 Å². The van der Waals surface area contributed by atoms with E-state index in [0.29, 0.717) is 11.7 Å². The largest absolute Gasteiger partial charge is 0.453 e. The van der Waals surface area contributed by atoms with Crippen LogP contribution in [0.25, 0.3) is 0 Å². The van der Waals surface area contributed by atoms with E-state index in [2.05, 4.69) is 37.2 Å². The molecule has 1 aromatic heterocycles. The summed E-state index contributed by atoms with van der Waals surface area (Å²) < 4.78 is 25.3. The van der Waals surface area contributed by atoms with Gasteiger partial charge < -0.3 is 29.5 Å². The number of hydrogen-bond donors (Lipinski definition) is 1. The van der Waals surface area contributed by atoms with Gasteiger partial charge in [-0.2, -0.15) is 0 Å². The fourth-order valence-corrected chi connectivity index (χ4v) is 7.33. The smallest absolute Gasteiger partial charge is 0.407 e. The SMILES string of the molecule is COC(=O)N[C@]1(C)CC[C@@H](CN2CCC3(CC2)CN(c2ncnnc2Oc2ccc(F)cc2C(=O)N(C(C)C)C(C)C)C3)CC1. The van der Waals surface area contributed by atoms with Crippen molar-refractivity contribution in [1.29, 1.82) is 0 Å². The number of hydrogen-bond acceptors (Lipinski definition) is 9. The van der Waals surface area contributed by atoms with Crippen molar-refractivity contribution in [2.75, 3.05) is 44.7 Å². The molecule has 0 radical (unpaired) electrons. The minimum atomic E-state index is -0.510. The number of benzene rings is 1. The number of carbonyl (C=O) groups is 2. The number of amides is 2. The summed E-state index contributed by atoms with van der Waals surface area (Å²) in [6, 6.07) is 3.83. The van der Waals surface area contributed by atoms with Crippen LogP contribution in [0.3, 0.4) is 0 Å². The molecule has 5 rings (SSSR count). The zero-order valence-corrected chi connectivity index (χ0v) is 27.5. The predicted octanol–water partition coefficient (Wildman–Crippen LogP) is 5.27. The van der Waals surface area contributed by atoms with Gasteiger partial charge >= 0.3 is 6.09 Å². The van der Waals surface area contributed by atoms with E-state index >= 15 is 0 Å². The van der Waals surface area contributed by atoms with Crippen LogP contribution in [0, 0.1) is 17.2 Å². The Labute approximate surface area is 265 Å². The van der Waals surface area contributed by atoms with Crippen LogP contribution in [-0.2, 0) is 4.74 Å². The number of ether oxygens (including phenoxy) is 2. The second kappa shape index (κ2) is 13.4. The van der Waals surface area contributed by atoms with E-state index in [-0.39, 0.29) is 52.2 Å². The highest BCUT2D eigenvalue weighted by molar-refractivity contribution is 5.97. The number of anilines is 1. The number of rotatable bonds is 9. The van der Waals surface area contributed by atoms with Crippen LogP contribution in [0.2, 0.25) is 0 Å². The van der Waals surface area contributed by atoms with E-state index in [1.165, 1.54) is 31.6 Å². The molecule has 0 atom stereocenters. The standard InChI is InChI=1S/C33H48FN7O4/c1-22(2)41(23(3)4)30(42)26-17-25(34)7-8-27(26)45-29-28(35-21-36-38-29)40-19-33(20-40)13-15-39(16-14-33)18-24-9-11-32(5,12-10-24)37-31(43)44-6/h7-8,17,21-24H,9-16,18-20H2,1-6H3,(H,37,43)/t24-,32-. The van der Waals surface area contributed by atoms with Crippen molar-refractivity contribution in [3.8, 4) is 11.6 Å². The Morgan fingerprint density at radius 3 is 2.38 bits per heavy atom. The molecule has 1 aliphatic carbocycles. The molecule has 3 aliphatic rings. The van der Waals surface area contributed by atoms with Crippen molar-refractivity contribution in [3.05, 3.63) is 35.9 Å². The molecule has 2 amide bonds. The monoisotopic (exact) mass is 625 g/mol. The van der Waals surface area contributed by atoms with E-state index in [1.54, 1.807) is 4.90 Å². The van der Waals surface area contributed by atoms with Crippen molar-refractivity contribution in [2.24, 2.45) is 11.3 Å². The summed E-state index contributed by atoms with van der Waals surface area (Å²) >= 11 is 0. The van der Waals surface area contributed by atoms with Crippen LogP contribution in [-0.4, -0.2) is 94.4 Å². The molecule has 0 bridgehead atoms. The lowest BCUT2D eigenvalue weighted by Crippen LogP contribution is -2.61. The second-order valence-electron chi connectivity index (χ2n) is 14.0. The fraction of sp³-hybridized carbons (Fsp3) is 0.667. The number of methoxy groups -OCH3 is 1. The second-order valence-corrected chi connectivity index (χ2v) is 14.0. The summed E-state index contributed by atoms with van der Waals surface area (Å²) in [5.74, 6) is 0.844. The van der Waals surface area contributed by atoms with Gasteiger partial charge in [-0.3, -0.25) is 4.79 Å². The van der Waals surface area contributed by atoms with Gasteiger partial charge in [0.2, 0.25) is 0 Å². The van der Waals surface area contributed by atoms with Crippen LogP contribution in [0.15, 0.2) is 24.5 Å². The molecule has 12 heteroatoms. The highest BCUT2D eigenvalue weighted by Crippen LogP contribution is 2.45. The normalized spacial score (nSPS) is 23.1. The van der Waals surface area contributed by atoms with Gasteiger partial charge in [0.25, 0.3) is 11.8 Å². The minimum Gasteiger partial charge on any atom is -0.453 e. The van der Waals surface area contributed by atoms with Gasteiger partial charge in [-0.05, 0) is 110 Å². The molecule has 1 spiro atoms. The van der Waals surface area contributed by atoms with E-state index < -0.39 is 5.82 Å². The third kappa shape index (κ3) is 7.48. The molecule has 2 aromatic rings. The number of carbonyl (C=O) groups excluding carboxylic acids is 2. The van der Waals surface area contributed by atoms with Crippen LogP contribution < -0.4 is 15.0 Å². The van der Waals surface area contributed by atoms with Gasteiger partial charge in [0.05, 0.1) is 12.7 Å². The van der Waals surface area contributed by atoms with E-state index in [9.17, 15) is 14.0 Å². The first-order valence-corrected chi connectivity index (χ1v) is 16.2. The van der Waals surface area contributed by atoms with Crippen LogP contribution in [0.4, 0.5) is 15.0 Å². The number of halogens is 1. The maximum atomic E-state index is 14.3. The third-order valence-electron chi connectivity index (χ3n) is 9.88. The minimum absolute atomic E-state index is 0.0696. The lowest BCUT2D eigenvalue weighted by Gasteiger charge is -2.54. The predicted molar refractivity (Wildman–Crippen MR) is 169 cm³/mol. The van der Waals surface area contributed by atoms with Crippen LogP contribution in [0.1, 0.15) is 83.5 Å². The lowest BCUT2D eigenvalue weighted by molar-refractivity contribution is 0.0577. The molecule has 3 fully saturated rings. The van der Waals surface area contributed by atoms with Crippen LogP contribution in [0.5, 0.6) is 11.6 Å². The van der Waals surface area contributed by atoms with Gasteiger partial charge in [0.15, 0.2) is 5.82 Å². The van der Waals surface area contributed by atoms with Crippen LogP contribution >= 0.6 is 0 Å². The van der Waals surface area contributed by atoms with Gasteiger partial charge in [0.1, 0.15) is 17.9 Å². The molecular weight excluding hydrogens is 577 g/mol. The Kier molecular flexibility index (Phi) is 9.81. The third-order valence-corrected chi connectivity index (χ3v) is 9.88. The topological polar surface area (TPSA) is 113 Å². The van der Waals surface area contributed by atoms with E-state index in [0.717, 1.165) is 71.2 Å². The molecule has 1 N–H and O–H groups in total. The molecular formula is C33H48FN7O4. The van der Waals surface area contributed by atoms with Gasteiger partial charge in [-0.25, -0.2) is 14.2 Å². The highest BCUT2D eigenvalue weighted by Gasteiger charge is 2.46. The molecule has 11 nitrogen and oxygen atoms in total. The average molecular weight is 626 g/mol. The van der Waals surface area contributed by atoms with E-state index in [1.807, 2.05) is 27.7 Å². The quantitative estimate of drug-likeness (QED) is 0.398. The van der Waals surface area contributed by atoms with E-state index in [4.69, 9.17) is 9.47 Å². The summed E-state index contributed by atoms with van der Waals surface area (Å²) in [6.45, 7) is 14.8. The number of nitrogens with zero attached hydrogens (tertiary/aromatic N) is 6. The summed E-state index contributed by atoms with van der Waals surface area (Å²) in [4.78, 5) is 36.2. The number of piperidine rings is 1. The Balaban J connectivity index is 1.17. The molecule has 246 valence electrons. The Bertz CT molecular complexity index is 1340. The van der Waals surface area contributed by atoms with Crippen molar-refractivity contribution < 1.29 is 23.5 Å². The average Bonchev–Trinajstić information content (AvgIpc) is 2.98. The number of nitrogens with one attached hydrogen (secondary N) is 1. The first-order valence-electron chi connectivity index (χ1n) is 16.2. The number of alkyl carbamates (subject to hydrolysis) is 1. The first kappa shape index (κ1) is 32.8. The summed E-state index contributed by atoms with van der Waals surface area (Å²) in [5.41, 5.74) is 0.184.